The molecule has 0 radical (unpaired) electrons. The molecule has 5 heteroatoms. The average molecular weight is 275 g/mol. The summed E-state index contributed by atoms with van der Waals surface area (Å²) in [6.45, 7) is 0. The van der Waals surface area contributed by atoms with E-state index in [0.717, 1.165) is 31.4 Å². The summed E-state index contributed by atoms with van der Waals surface area (Å²) in [5.41, 5.74) is 8.14. The van der Waals surface area contributed by atoms with Gasteiger partial charge in [0, 0.05) is 24.8 Å². The van der Waals surface area contributed by atoms with Gasteiger partial charge in [0.25, 0.3) is 5.91 Å². The van der Waals surface area contributed by atoms with Crippen LogP contribution in [0, 0.1) is 0 Å². The monoisotopic (exact) mass is 275 g/mol. The quantitative estimate of drug-likeness (QED) is 0.707. The Bertz CT molecular complexity index is 518. The number of nitrogens with two attached hydrogens (primary N) is 1. The smallest absolute Gasteiger partial charge is 0.253 e. The zero-order chi connectivity index (χ0) is 14.3. The minimum absolute atomic E-state index is 0.0921. The van der Waals surface area contributed by atoms with Crippen LogP contribution in [0.15, 0.2) is 18.2 Å². The van der Waals surface area contributed by atoms with Crippen LogP contribution in [0.5, 0.6) is 0 Å². The maximum Gasteiger partial charge on any atom is 0.253 e. The highest BCUT2D eigenvalue weighted by Gasteiger charge is 2.41. The first kappa shape index (κ1) is 13.2. The van der Waals surface area contributed by atoms with E-state index in [-0.39, 0.29) is 12.0 Å². The van der Waals surface area contributed by atoms with Crippen LogP contribution in [0.1, 0.15) is 36.0 Å². The van der Waals surface area contributed by atoms with Crippen molar-refractivity contribution in [1.82, 2.24) is 5.32 Å². The van der Waals surface area contributed by atoms with E-state index in [1.165, 1.54) is 0 Å². The molecule has 5 nitrogen and oxygen atoms in total. The molecule has 0 spiro atoms. The van der Waals surface area contributed by atoms with Gasteiger partial charge in [-0.25, -0.2) is 0 Å². The van der Waals surface area contributed by atoms with Gasteiger partial charge in [-0.3, -0.25) is 4.79 Å². The van der Waals surface area contributed by atoms with E-state index in [2.05, 4.69) is 10.2 Å². The fourth-order valence-electron chi connectivity index (χ4n) is 3.63. The van der Waals surface area contributed by atoms with Crippen molar-refractivity contribution in [2.45, 2.75) is 43.9 Å². The van der Waals surface area contributed by atoms with E-state index >= 15 is 0 Å². The van der Waals surface area contributed by atoms with Crippen molar-refractivity contribution < 1.29 is 9.90 Å². The summed E-state index contributed by atoms with van der Waals surface area (Å²) in [4.78, 5) is 14.4. The van der Waals surface area contributed by atoms with Crippen molar-refractivity contribution >= 4 is 17.3 Å². The van der Waals surface area contributed by atoms with E-state index in [9.17, 15) is 9.90 Å². The summed E-state index contributed by atoms with van der Waals surface area (Å²) >= 11 is 0. The molecule has 1 aromatic carbocycles. The number of hydrogen-bond acceptors (Lipinski definition) is 4. The number of aliphatic hydroxyl groups excluding tert-OH is 1. The highest BCUT2D eigenvalue weighted by molar-refractivity contribution is 6.00. The highest BCUT2D eigenvalue weighted by Crippen LogP contribution is 2.41. The molecule has 3 rings (SSSR count). The average Bonchev–Trinajstić information content (AvgIpc) is 2.70. The van der Waals surface area contributed by atoms with Crippen LogP contribution in [-0.4, -0.2) is 36.2 Å². The number of aliphatic hydroxyl groups is 1. The zero-order valence-electron chi connectivity index (χ0n) is 11.7. The molecule has 108 valence electrons. The number of nitrogen functional groups attached to an aromatic ring is 1. The Labute approximate surface area is 118 Å². The van der Waals surface area contributed by atoms with Gasteiger partial charge in [-0.15, -0.1) is 0 Å². The lowest BCUT2D eigenvalue weighted by molar-refractivity contribution is 0.0963. The number of piperidine rings is 1. The Hall–Kier alpha value is -1.75. The van der Waals surface area contributed by atoms with Gasteiger partial charge in [0.2, 0.25) is 0 Å². The molecule has 2 bridgehead atoms. The molecule has 20 heavy (non-hydrogen) atoms. The highest BCUT2D eigenvalue weighted by atomic mass is 16.3. The van der Waals surface area contributed by atoms with E-state index in [1.807, 2.05) is 6.07 Å². The predicted octanol–water partition coefficient (Wildman–Crippen LogP) is 1.12. The summed E-state index contributed by atoms with van der Waals surface area (Å²) in [6.07, 6.45) is 3.48. The number of carbonyl (C=O) groups excluding carboxylic acids is 1. The van der Waals surface area contributed by atoms with Gasteiger partial charge in [0.1, 0.15) is 0 Å². The molecule has 2 atom stereocenters. The molecular weight excluding hydrogens is 254 g/mol. The van der Waals surface area contributed by atoms with Gasteiger partial charge < -0.3 is 21.1 Å². The molecule has 1 amide bonds. The molecule has 2 unspecified atom stereocenters. The second kappa shape index (κ2) is 4.98. The molecule has 2 heterocycles. The summed E-state index contributed by atoms with van der Waals surface area (Å²) in [5, 5.41) is 12.6. The van der Waals surface area contributed by atoms with E-state index in [0.29, 0.717) is 23.3 Å². The third-order valence-electron chi connectivity index (χ3n) is 4.48. The molecule has 1 aromatic rings. The summed E-state index contributed by atoms with van der Waals surface area (Å²) in [6, 6.07) is 6.05. The van der Waals surface area contributed by atoms with Gasteiger partial charge in [-0.2, -0.15) is 0 Å². The molecule has 0 aliphatic carbocycles. The van der Waals surface area contributed by atoms with Crippen LogP contribution in [-0.2, 0) is 0 Å². The third kappa shape index (κ3) is 2.12. The minimum atomic E-state index is -0.215. The van der Waals surface area contributed by atoms with Gasteiger partial charge in [0.05, 0.1) is 17.4 Å². The van der Waals surface area contributed by atoms with E-state index in [1.54, 1.807) is 19.2 Å². The normalized spacial score (nSPS) is 28.5. The topological polar surface area (TPSA) is 78.6 Å². The number of anilines is 2. The number of benzene rings is 1. The molecule has 2 aliphatic heterocycles. The lowest BCUT2D eigenvalue weighted by Gasteiger charge is -2.39. The molecule has 4 N–H and O–H groups in total. The largest absolute Gasteiger partial charge is 0.399 e. The minimum Gasteiger partial charge on any atom is -0.399 e. The molecule has 0 saturated carbocycles. The Morgan fingerprint density at radius 1 is 1.35 bits per heavy atom. The van der Waals surface area contributed by atoms with E-state index in [4.69, 9.17) is 5.73 Å². The number of nitrogens with one attached hydrogen (secondary N) is 1. The Kier molecular flexibility index (Phi) is 3.30. The Morgan fingerprint density at radius 2 is 2.00 bits per heavy atom. The SMILES string of the molecule is CNC(=O)c1ccc(N)cc1N1C2CCC1CC(O)C2. The first-order valence-corrected chi connectivity index (χ1v) is 7.18. The summed E-state index contributed by atoms with van der Waals surface area (Å²) < 4.78 is 0. The Balaban J connectivity index is 2.01. The van der Waals surface area contributed by atoms with Crippen LogP contribution >= 0.6 is 0 Å². The van der Waals surface area contributed by atoms with Crippen molar-refractivity contribution in [3.05, 3.63) is 23.8 Å². The maximum absolute atomic E-state index is 12.1. The standard InChI is InChI=1S/C15H21N3O2/c1-17-15(20)13-5-2-9(16)6-14(13)18-10-3-4-11(18)8-12(19)7-10/h2,5-6,10-12,19H,3-4,7-8,16H2,1H3,(H,17,20). The number of rotatable bonds is 2. The second-order valence-electron chi connectivity index (χ2n) is 5.77. The maximum atomic E-state index is 12.1. The fourth-order valence-corrected chi connectivity index (χ4v) is 3.63. The molecule has 0 aromatic heterocycles. The predicted molar refractivity (Wildman–Crippen MR) is 78.8 cm³/mol. The number of nitrogens with zero attached hydrogens (tertiary/aromatic N) is 1. The number of fused-ring (bicyclic) bond motifs is 2. The van der Waals surface area contributed by atoms with Crippen molar-refractivity contribution in [1.29, 1.82) is 0 Å². The van der Waals surface area contributed by atoms with Crippen LogP contribution < -0.4 is 16.0 Å². The van der Waals surface area contributed by atoms with Crippen molar-refractivity contribution in [3.8, 4) is 0 Å². The number of amides is 1. The molecule has 2 saturated heterocycles. The van der Waals surface area contributed by atoms with Gasteiger partial charge in [-0.1, -0.05) is 0 Å². The van der Waals surface area contributed by atoms with E-state index < -0.39 is 0 Å². The van der Waals surface area contributed by atoms with Crippen molar-refractivity contribution in [2.75, 3.05) is 17.7 Å². The van der Waals surface area contributed by atoms with Crippen LogP contribution in [0.25, 0.3) is 0 Å². The van der Waals surface area contributed by atoms with Crippen LogP contribution in [0.2, 0.25) is 0 Å². The first-order chi connectivity index (χ1) is 9.60. The number of hydrogen-bond donors (Lipinski definition) is 3. The lowest BCUT2D eigenvalue weighted by Crippen LogP contribution is -2.45. The molecule has 2 aliphatic rings. The first-order valence-electron chi connectivity index (χ1n) is 7.18. The second-order valence-corrected chi connectivity index (χ2v) is 5.77. The lowest BCUT2D eigenvalue weighted by atomic mass is 9.97. The third-order valence-corrected chi connectivity index (χ3v) is 4.48. The fraction of sp³-hybridized carbons (Fsp3) is 0.533. The Morgan fingerprint density at radius 3 is 2.60 bits per heavy atom. The summed E-state index contributed by atoms with van der Waals surface area (Å²) in [7, 11) is 1.64. The van der Waals surface area contributed by atoms with Crippen LogP contribution in [0.3, 0.4) is 0 Å². The van der Waals surface area contributed by atoms with Gasteiger partial charge in [0.15, 0.2) is 0 Å². The van der Waals surface area contributed by atoms with Gasteiger partial charge >= 0.3 is 0 Å². The van der Waals surface area contributed by atoms with Gasteiger partial charge in [-0.05, 0) is 43.9 Å². The molecular formula is C15H21N3O2. The summed E-state index contributed by atoms with van der Waals surface area (Å²) in [5.74, 6) is -0.0921. The zero-order valence-corrected chi connectivity index (χ0v) is 11.7. The van der Waals surface area contributed by atoms with Crippen molar-refractivity contribution in [3.63, 3.8) is 0 Å². The number of carbonyl (C=O) groups is 1. The van der Waals surface area contributed by atoms with Crippen LogP contribution in [0.4, 0.5) is 11.4 Å². The van der Waals surface area contributed by atoms with Crippen molar-refractivity contribution in [2.24, 2.45) is 0 Å². The molecule has 2 fully saturated rings.